The van der Waals surface area contributed by atoms with Crippen molar-refractivity contribution < 1.29 is 14.4 Å². The van der Waals surface area contributed by atoms with Gasteiger partial charge in [-0.3, -0.25) is 0 Å². The number of hydrogen-bond acceptors (Lipinski definition) is 2. The van der Waals surface area contributed by atoms with E-state index in [1.165, 1.54) is 45.1 Å². The van der Waals surface area contributed by atoms with Crippen LogP contribution in [0.15, 0.2) is 0 Å². The molecule has 0 atom stereocenters. The minimum Gasteiger partial charge on any atom is -0.550 e. The molecule has 0 aliphatic rings. The lowest BCUT2D eigenvalue weighted by Gasteiger charge is -2.22. The molecule has 0 aliphatic heterocycles. The van der Waals surface area contributed by atoms with Crippen LogP contribution in [0.1, 0.15) is 71.6 Å². The summed E-state index contributed by atoms with van der Waals surface area (Å²) in [4.78, 5) is 10.0. The fourth-order valence-electron chi connectivity index (χ4n) is 1.90. The lowest BCUT2D eigenvalue weighted by Crippen LogP contribution is -2.34. The Morgan fingerprint density at radius 1 is 0.842 bits per heavy atom. The second kappa shape index (κ2) is 13.9. The molecule has 0 unspecified atom stereocenters. The second-order valence-corrected chi connectivity index (χ2v) is 6.26. The van der Waals surface area contributed by atoms with Crippen molar-refractivity contribution in [2.45, 2.75) is 71.6 Å². The highest BCUT2D eigenvalue weighted by molar-refractivity contribution is 5.63. The molecule has 19 heavy (non-hydrogen) atoms. The van der Waals surface area contributed by atoms with Crippen molar-refractivity contribution >= 4 is 5.97 Å². The molecule has 0 rings (SSSR count). The Bertz CT molecular complexity index is 197. The monoisotopic (exact) mass is 273 g/mol. The molecule has 0 aromatic heterocycles. The highest BCUT2D eigenvalue weighted by Crippen LogP contribution is 2.07. The van der Waals surface area contributed by atoms with E-state index in [-0.39, 0.29) is 6.42 Å². The standard InChI is InChI=1S/C10H20O2.C6H16N/c1-2-3-4-5-6-7-8-9-10(11)12;1-5-6-7(2,3)4/h2-9H2,1H3,(H,11,12);5-6H2,1-4H3/q;+1/p-1. The SMILES string of the molecule is CCCCCCCCCC(=O)[O-].CCC[N+](C)(C)C. The first-order chi connectivity index (χ1) is 8.83. The first-order valence-corrected chi connectivity index (χ1v) is 7.83. The predicted octanol–water partition coefficient (Wildman–Crippen LogP) is 2.98. The Hall–Kier alpha value is -0.570. The zero-order valence-corrected chi connectivity index (χ0v) is 13.8. The average Bonchev–Trinajstić information content (AvgIpc) is 2.27. The molecular formula is C16H35NO2. The summed E-state index contributed by atoms with van der Waals surface area (Å²) in [7, 11) is 6.64. The van der Waals surface area contributed by atoms with Gasteiger partial charge in [0.15, 0.2) is 0 Å². The Morgan fingerprint density at radius 3 is 1.63 bits per heavy atom. The highest BCUT2D eigenvalue weighted by atomic mass is 16.4. The van der Waals surface area contributed by atoms with E-state index in [2.05, 4.69) is 35.0 Å². The summed E-state index contributed by atoms with van der Waals surface area (Å²) in [5, 5.41) is 10.0. The fourth-order valence-corrected chi connectivity index (χ4v) is 1.90. The number of carboxylic acid groups (broad SMARTS) is 1. The summed E-state index contributed by atoms with van der Waals surface area (Å²) < 4.78 is 1.09. The van der Waals surface area contributed by atoms with E-state index in [1.54, 1.807) is 0 Å². The molecule has 0 saturated carbocycles. The average molecular weight is 273 g/mol. The zero-order valence-electron chi connectivity index (χ0n) is 13.8. The van der Waals surface area contributed by atoms with Gasteiger partial charge in [0.2, 0.25) is 0 Å². The summed E-state index contributed by atoms with van der Waals surface area (Å²) in [6.45, 7) is 5.68. The lowest BCUT2D eigenvalue weighted by atomic mass is 10.1. The van der Waals surface area contributed by atoms with E-state index in [0.29, 0.717) is 0 Å². The lowest BCUT2D eigenvalue weighted by molar-refractivity contribution is -0.870. The van der Waals surface area contributed by atoms with Gasteiger partial charge in [-0.15, -0.1) is 0 Å². The number of aliphatic carboxylic acids is 1. The van der Waals surface area contributed by atoms with Gasteiger partial charge in [0.1, 0.15) is 0 Å². The largest absolute Gasteiger partial charge is 0.550 e. The number of nitrogens with zero attached hydrogens (tertiary/aromatic N) is 1. The minimum absolute atomic E-state index is 0.230. The van der Waals surface area contributed by atoms with Crippen LogP contribution in [0.3, 0.4) is 0 Å². The third-order valence-corrected chi connectivity index (χ3v) is 2.88. The van der Waals surface area contributed by atoms with Crippen molar-refractivity contribution in [3.63, 3.8) is 0 Å². The maximum Gasteiger partial charge on any atom is 0.0777 e. The van der Waals surface area contributed by atoms with Crippen molar-refractivity contribution in [3.8, 4) is 0 Å². The quantitative estimate of drug-likeness (QED) is 0.453. The van der Waals surface area contributed by atoms with Gasteiger partial charge in [-0.2, -0.15) is 0 Å². The molecule has 0 heterocycles. The Balaban J connectivity index is 0. The van der Waals surface area contributed by atoms with Crippen molar-refractivity contribution in [2.75, 3.05) is 27.7 Å². The van der Waals surface area contributed by atoms with Crippen molar-refractivity contribution in [1.82, 2.24) is 0 Å². The molecule has 0 aromatic rings. The summed E-state index contributed by atoms with van der Waals surface area (Å²) in [5.74, 6) is -0.913. The van der Waals surface area contributed by atoms with Gasteiger partial charge in [-0.05, 0) is 19.3 Å². The van der Waals surface area contributed by atoms with E-state index in [9.17, 15) is 9.90 Å². The second-order valence-electron chi connectivity index (χ2n) is 6.26. The van der Waals surface area contributed by atoms with Gasteiger partial charge in [-0.1, -0.05) is 52.4 Å². The van der Waals surface area contributed by atoms with Crippen LogP contribution in [0.2, 0.25) is 0 Å². The third-order valence-electron chi connectivity index (χ3n) is 2.88. The van der Waals surface area contributed by atoms with Crippen molar-refractivity contribution in [2.24, 2.45) is 0 Å². The summed E-state index contributed by atoms with van der Waals surface area (Å²) in [5.41, 5.74) is 0. The molecule has 0 N–H and O–H groups in total. The number of carboxylic acids is 1. The molecule has 0 aromatic carbocycles. The summed E-state index contributed by atoms with van der Waals surface area (Å²) >= 11 is 0. The van der Waals surface area contributed by atoms with Gasteiger partial charge in [0.25, 0.3) is 0 Å². The van der Waals surface area contributed by atoms with Crippen molar-refractivity contribution in [1.29, 1.82) is 0 Å². The van der Waals surface area contributed by atoms with Crippen LogP contribution in [0.25, 0.3) is 0 Å². The number of quaternary nitrogens is 1. The van der Waals surface area contributed by atoms with Crippen LogP contribution in [0, 0.1) is 0 Å². The molecule has 3 nitrogen and oxygen atoms in total. The number of rotatable bonds is 10. The first-order valence-electron chi connectivity index (χ1n) is 7.83. The summed E-state index contributed by atoms with van der Waals surface area (Å²) in [6, 6.07) is 0. The third kappa shape index (κ3) is 26.9. The maximum absolute atomic E-state index is 10.0. The molecule has 0 radical (unpaired) electrons. The Morgan fingerprint density at radius 2 is 1.32 bits per heavy atom. The number of carbonyl (C=O) groups is 1. The Kier molecular flexibility index (Phi) is 15.1. The van der Waals surface area contributed by atoms with Crippen LogP contribution in [0.5, 0.6) is 0 Å². The van der Waals surface area contributed by atoms with Crippen LogP contribution in [-0.4, -0.2) is 38.1 Å². The molecule has 0 aliphatic carbocycles. The van der Waals surface area contributed by atoms with Crippen LogP contribution < -0.4 is 5.11 Å². The molecule has 0 spiro atoms. The van der Waals surface area contributed by atoms with Crippen LogP contribution >= 0.6 is 0 Å². The van der Waals surface area contributed by atoms with E-state index in [1.807, 2.05) is 0 Å². The normalized spacial score (nSPS) is 10.8. The van der Waals surface area contributed by atoms with Crippen molar-refractivity contribution in [3.05, 3.63) is 0 Å². The van der Waals surface area contributed by atoms with Gasteiger partial charge < -0.3 is 14.4 Å². The highest BCUT2D eigenvalue weighted by Gasteiger charge is 2.01. The number of carbonyl (C=O) groups excluding carboxylic acids is 1. The van der Waals surface area contributed by atoms with Crippen LogP contribution in [-0.2, 0) is 4.79 Å². The topological polar surface area (TPSA) is 40.1 Å². The van der Waals surface area contributed by atoms with Gasteiger partial charge in [0, 0.05) is 5.97 Å². The number of unbranched alkanes of at least 4 members (excludes halogenated alkanes) is 6. The molecule has 0 saturated heterocycles. The molecular weight excluding hydrogens is 238 g/mol. The fraction of sp³-hybridized carbons (Fsp3) is 0.938. The zero-order chi connectivity index (χ0) is 15.1. The maximum atomic E-state index is 10.0. The van der Waals surface area contributed by atoms with E-state index >= 15 is 0 Å². The molecule has 116 valence electrons. The first kappa shape index (κ1) is 20.7. The summed E-state index contributed by atoms with van der Waals surface area (Å²) in [6.07, 6.45) is 9.62. The smallest absolute Gasteiger partial charge is 0.0777 e. The number of hydrogen-bond donors (Lipinski definition) is 0. The van der Waals surface area contributed by atoms with Crippen LogP contribution in [0.4, 0.5) is 0 Å². The van der Waals surface area contributed by atoms with E-state index in [4.69, 9.17) is 0 Å². The van der Waals surface area contributed by atoms with Gasteiger partial charge in [0.05, 0.1) is 27.7 Å². The molecule has 0 amide bonds. The van der Waals surface area contributed by atoms with E-state index in [0.717, 1.165) is 17.3 Å². The van der Waals surface area contributed by atoms with Gasteiger partial charge >= 0.3 is 0 Å². The van der Waals surface area contributed by atoms with Gasteiger partial charge in [-0.25, -0.2) is 0 Å². The molecule has 3 heteroatoms. The Labute approximate surface area is 120 Å². The molecule has 0 bridgehead atoms. The predicted molar refractivity (Wildman–Crippen MR) is 80.8 cm³/mol. The van der Waals surface area contributed by atoms with E-state index < -0.39 is 5.97 Å². The minimum atomic E-state index is -0.913. The molecule has 0 fully saturated rings.